The lowest BCUT2D eigenvalue weighted by atomic mass is 10.1. The molecule has 7 heteroatoms. The van der Waals surface area contributed by atoms with Crippen molar-refractivity contribution in [3.05, 3.63) is 111 Å². The highest BCUT2D eigenvalue weighted by Gasteiger charge is 2.33. The largest absolute Gasteiger partial charge is 0.506 e. The minimum Gasteiger partial charge on any atom is -0.506 e. The maximum absolute atomic E-state index is 12.6. The van der Waals surface area contributed by atoms with Gasteiger partial charge in [0.1, 0.15) is 28.7 Å². The van der Waals surface area contributed by atoms with Gasteiger partial charge in [-0.1, -0.05) is 65.8 Å². The Labute approximate surface area is 207 Å². The monoisotopic (exact) mass is 491 g/mol. The second-order valence-corrected chi connectivity index (χ2v) is 8.76. The zero-order valence-corrected chi connectivity index (χ0v) is 20.0. The van der Waals surface area contributed by atoms with Gasteiger partial charge >= 0.3 is 5.97 Å². The number of rotatable bonds is 7. The third kappa shape index (κ3) is 5.90. The van der Waals surface area contributed by atoms with E-state index in [1.165, 1.54) is 11.8 Å². The molecule has 0 spiro atoms. The Kier molecular flexibility index (Phi) is 7.72. The lowest BCUT2D eigenvalue weighted by molar-refractivity contribution is -0.138. The lowest BCUT2D eigenvalue weighted by Gasteiger charge is -2.07. The van der Waals surface area contributed by atoms with Crippen molar-refractivity contribution in [3.63, 3.8) is 0 Å². The number of carbonyl (C=O) groups excluding carboxylic acids is 1. The number of halogens is 1. The molecule has 3 aromatic carbocycles. The van der Waals surface area contributed by atoms with Crippen molar-refractivity contribution < 1.29 is 19.4 Å². The number of carbonyl (C=O) groups is 1. The van der Waals surface area contributed by atoms with Crippen LogP contribution in [0.25, 0.3) is 6.08 Å². The Morgan fingerprint density at radius 3 is 2.56 bits per heavy atom. The molecule has 1 heterocycles. The molecule has 0 fully saturated rings. The molecule has 0 saturated carbocycles. The summed E-state index contributed by atoms with van der Waals surface area (Å²) in [5.74, 6) is -0.0827. The van der Waals surface area contributed by atoms with Gasteiger partial charge in [0.25, 0.3) is 0 Å². The average molecular weight is 492 g/mol. The number of esters is 1. The van der Waals surface area contributed by atoms with E-state index in [2.05, 4.69) is 4.99 Å². The van der Waals surface area contributed by atoms with Gasteiger partial charge in [-0.25, -0.2) is 9.79 Å². The van der Waals surface area contributed by atoms with Crippen LogP contribution in [0.15, 0.2) is 100 Å². The minimum atomic E-state index is -0.622. The SMILES string of the molecule is CCOC(=O)C1=C(O)/C(=C\c2cccc(OCc3ccccc3)c2)SC1=Nc1ccc(Cl)cc1. The first-order valence-electron chi connectivity index (χ1n) is 10.6. The second-order valence-electron chi connectivity index (χ2n) is 7.29. The third-order valence-corrected chi connectivity index (χ3v) is 6.10. The van der Waals surface area contributed by atoms with E-state index in [0.29, 0.717) is 33.0 Å². The summed E-state index contributed by atoms with van der Waals surface area (Å²) in [7, 11) is 0. The molecule has 0 amide bonds. The molecule has 5 nitrogen and oxygen atoms in total. The molecular weight excluding hydrogens is 470 g/mol. The Hall–Kier alpha value is -3.48. The van der Waals surface area contributed by atoms with Gasteiger partial charge in [0, 0.05) is 5.02 Å². The second kappa shape index (κ2) is 11.1. The Balaban J connectivity index is 1.61. The molecule has 1 aliphatic rings. The van der Waals surface area contributed by atoms with Crippen molar-refractivity contribution in [3.8, 4) is 5.75 Å². The summed E-state index contributed by atoms with van der Waals surface area (Å²) in [6.45, 7) is 2.35. The first-order valence-corrected chi connectivity index (χ1v) is 11.8. The van der Waals surface area contributed by atoms with E-state index in [4.69, 9.17) is 21.1 Å². The van der Waals surface area contributed by atoms with Gasteiger partial charge in [-0.2, -0.15) is 0 Å². The lowest BCUT2D eigenvalue weighted by Crippen LogP contribution is -2.12. The van der Waals surface area contributed by atoms with Gasteiger partial charge in [-0.05, 0) is 60.5 Å². The molecule has 0 atom stereocenters. The zero-order valence-electron chi connectivity index (χ0n) is 18.4. The van der Waals surface area contributed by atoms with Crippen LogP contribution < -0.4 is 4.74 Å². The molecule has 0 radical (unpaired) electrons. The maximum Gasteiger partial charge on any atom is 0.344 e. The molecule has 0 aromatic heterocycles. The number of benzene rings is 3. The van der Waals surface area contributed by atoms with Gasteiger partial charge in [-0.15, -0.1) is 0 Å². The van der Waals surface area contributed by atoms with Gasteiger partial charge in [-0.3, -0.25) is 0 Å². The molecular formula is C27H22ClNO4S. The fraction of sp³-hybridized carbons (Fsp3) is 0.111. The van der Waals surface area contributed by atoms with Gasteiger partial charge in [0.15, 0.2) is 0 Å². The first-order chi connectivity index (χ1) is 16.5. The van der Waals surface area contributed by atoms with Crippen molar-refractivity contribution >= 4 is 46.1 Å². The van der Waals surface area contributed by atoms with Crippen molar-refractivity contribution in [2.75, 3.05) is 6.61 Å². The van der Waals surface area contributed by atoms with E-state index in [1.807, 2.05) is 54.6 Å². The molecule has 1 N–H and O–H groups in total. The number of aliphatic imine (C=N–C) groups is 1. The molecule has 3 aromatic rings. The third-order valence-electron chi connectivity index (χ3n) is 4.83. The zero-order chi connectivity index (χ0) is 23.9. The number of ether oxygens (including phenoxy) is 2. The standard InChI is InChI=1S/C27H22ClNO4S/c1-2-32-27(31)24-25(30)23(34-26(24)29-21-13-11-20(28)12-14-21)16-19-9-6-10-22(15-19)33-17-18-7-4-3-5-8-18/h3-16,30H,2,17H2,1H3/b23-16+,29-26?. The first kappa shape index (κ1) is 23.7. The van der Waals surface area contributed by atoms with Gasteiger partial charge < -0.3 is 14.6 Å². The van der Waals surface area contributed by atoms with Crippen LogP contribution in [0.1, 0.15) is 18.1 Å². The van der Waals surface area contributed by atoms with Crippen LogP contribution >= 0.6 is 23.4 Å². The number of aliphatic hydroxyl groups excluding tert-OH is 1. The highest BCUT2D eigenvalue weighted by Crippen LogP contribution is 2.40. The van der Waals surface area contributed by atoms with E-state index < -0.39 is 5.97 Å². The van der Waals surface area contributed by atoms with E-state index in [1.54, 1.807) is 37.3 Å². The molecule has 172 valence electrons. The summed E-state index contributed by atoms with van der Waals surface area (Å²) in [5.41, 5.74) is 2.54. The van der Waals surface area contributed by atoms with Crippen LogP contribution in [-0.2, 0) is 16.1 Å². The van der Waals surface area contributed by atoms with Gasteiger partial charge in [0.05, 0.1) is 17.2 Å². The normalized spacial score (nSPS) is 15.7. The quantitative estimate of drug-likeness (QED) is 0.356. The Bertz CT molecular complexity index is 1270. The average Bonchev–Trinajstić information content (AvgIpc) is 3.14. The summed E-state index contributed by atoms with van der Waals surface area (Å²) in [6, 6.07) is 24.3. The van der Waals surface area contributed by atoms with E-state index in [-0.39, 0.29) is 17.9 Å². The molecule has 0 bridgehead atoms. The molecule has 34 heavy (non-hydrogen) atoms. The predicted octanol–water partition coefficient (Wildman–Crippen LogP) is 7.11. The number of aliphatic hydroxyl groups is 1. The highest BCUT2D eigenvalue weighted by molar-refractivity contribution is 8.18. The van der Waals surface area contributed by atoms with Crippen LogP contribution in [0.2, 0.25) is 5.02 Å². The van der Waals surface area contributed by atoms with Crippen molar-refractivity contribution in [1.82, 2.24) is 0 Å². The summed E-state index contributed by atoms with van der Waals surface area (Å²) in [4.78, 5) is 17.6. The Morgan fingerprint density at radius 2 is 1.82 bits per heavy atom. The number of hydrogen-bond donors (Lipinski definition) is 1. The van der Waals surface area contributed by atoms with Crippen LogP contribution in [-0.4, -0.2) is 22.7 Å². The predicted molar refractivity (Wildman–Crippen MR) is 138 cm³/mol. The maximum atomic E-state index is 12.6. The molecule has 0 saturated heterocycles. The van der Waals surface area contributed by atoms with Crippen LogP contribution in [0.5, 0.6) is 5.75 Å². The van der Waals surface area contributed by atoms with Crippen LogP contribution in [0.4, 0.5) is 5.69 Å². The molecule has 0 unspecified atom stereocenters. The number of hydrogen-bond acceptors (Lipinski definition) is 6. The topological polar surface area (TPSA) is 68.1 Å². The highest BCUT2D eigenvalue weighted by atomic mass is 35.5. The van der Waals surface area contributed by atoms with E-state index >= 15 is 0 Å². The fourth-order valence-electron chi connectivity index (χ4n) is 3.21. The molecule has 4 rings (SSSR count). The fourth-order valence-corrected chi connectivity index (χ4v) is 4.37. The van der Waals surface area contributed by atoms with Crippen molar-refractivity contribution in [1.29, 1.82) is 0 Å². The van der Waals surface area contributed by atoms with E-state index in [9.17, 15) is 9.90 Å². The van der Waals surface area contributed by atoms with Crippen molar-refractivity contribution in [2.45, 2.75) is 13.5 Å². The molecule has 0 aliphatic carbocycles. The number of nitrogens with zero attached hydrogens (tertiary/aromatic N) is 1. The summed E-state index contributed by atoms with van der Waals surface area (Å²) in [5, 5.41) is 11.8. The number of thioether (sulfide) groups is 1. The Morgan fingerprint density at radius 1 is 1.06 bits per heavy atom. The molecule has 1 aliphatic heterocycles. The minimum absolute atomic E-state index is 0.0459. The van der Waals surface area contributed by atoms with Crippen LogP contribution in [0, 0.1) is 0 Å². The summed E-state index contributed by atoms with van der Waals surface area (Å²) >= 11 is 7.16. The smallest absolute Gasteiger partial charge is 0.344 e. The summed E-state index contributed by atoms with van der Waals surface area (Å²) in [6.07, 6.45) is 1.79. The van der Waals surface area contributed by atoms with Gasteiger partial charge in [0.2, 0.25) is 0 Å². The van der Waals surface area contributed by atoms with Crippen molar-refractivity contribution in [2.24, 2.45) is 4.99 Å². The van der Waals surface area contributed by atoms with E-state index in [0.717, 1.165) is 11.1 Å². The van der Waals surface area contributed by atoms with Crippen LogP contribution in [0.3, 0.4) is 0 Å². The summed E-state index contributed by atoms with van der Waals surface area (Å²) < 4.78 is 11.1.